The average Bonchev–Trinajstić information content (AvgIpc) is 3.18. The summed E-state index contributed by atoms with van der Waals surface area (Å²) in [6, 6.07) is 14.9. The van der Waals surface area contributed by atoms with Crippen molar-refractivity contribution >= 4 is 29.1 Å². The van der Waals surface area contributed by atoms with Gasteiger partial charge in [0.25, 0.3) is 11.8 Å². The summed E-state index contributed by atoms with van der Waals surface area (Å²) in [6.45, 7) is 3.19. The topological polar surface area (TPSA) is 99.6 Å². The van der Waals surface area contributed by atoms with Crippen LogP contribution < -0.4 is 15.5 Å². The number of aromatic nitrogens is 2. The van der Waals surface area contributed by atoms with Crippen molar-refractivity contribution in [3.05, 3.63) is 76.6 Å². The van der Waals surface area contributed by atoms with Crippen LogP contribution in [0, 0.1) is 0 Å². The Morgan fingerprint density at radius 1 is 1.03 bits per heavy atom. The van der Waals surface area contributed by atoms with Crippen LogP contribution in [0.3, 0.4) is 0 Å². The van der Waals surface area contributed by atoms with Gasteiger partial charge >= 0.3 is 0 Å². The quantitative estimate of drug-likeness (QED) is 0.572. The number of hydrogen-bond donors (Lipinski definition) is 2. The lowest BCUT2D eigenvalue weighted by Crippen LogP contribution is -2.32. The molecular weight excluding hydrogens is 444 g/mol. The van der Waals surface area contributed by atoms with Crippen LogP contribution in [0.5, 0.6) is 0 Å². The smallest absolute Gasteiger partial charge is 0.272 e. The largest absolute Gasteiger partial charge is 0.367 e. The van der Waals surface area contributed by atoms with Gasteiger partial charge in [-0.2, -0.15) is 5.10 Å². The van der Waals surface area contributed by atoms with Gasteiger partial charge in [0, 0.05) is 82.3 Å². The molecule has 0 saturated carbocycles. The van der Waals surface area contributed by atoms with Gasteiger partial charge in [-0.15, -0.1) is 0 Å². The van der Waals surface area contributed by atoms with Gasteiger partial charge in [0.05, 0.1) is 0 Å². The number of rotatable bonds is 6. The number of carbonyl (C=O) groups excluding carboxylic acids is 3. The molecule has 9 nitrogen and oxygen atoms in total. The third-order valence-electron chi connectivity index (χ3n) is 6.07. The van der Waals surface area contributed by atoms with Crippen LogP contribution in [-0.2, 0) is 31.4 Å². The highest BCUT2D eigenvalue weighted by Gasteiger charge is 2.27. The molecule has 0 bridgehead atoms. The second kappa shape index (κ2) is 10.0. The van der Waals surface area contributed by atoms with Crippen LogP contribution >= 0.6 is 0 Å². The Hall–Kier alpha value is -4.14. The molecule has 2 N–H and O–H groups in total. The van der Waals surface area contributed by atoms with Crippen LogP contribution in [0.15, 0.2) is 48.5 Å². The van der Waals surface area contributed by atoms with E-state index in [2.05, 4.69) is 20.6 Å². The number of nitrogens with zero attached hydrogens (tertiary/aromatic N) is 4. The molecule has 9 heteroatoms. The van der Waals surface area contributed by atoms with Crippen LogP contribution in [0.1, 0.15) is 44.6 Å². The highest BCUT2D eigenvalue weighted by molar-refractivity contribution is 5.95. The van der Waals surface area contributed by atoms with E-state index in [9.17, 15) is 14.4 Å². The number of benzene rings is 2. The van der Waals surface area contributed by atoms with Crippen LogP contribution in [-0.4, -0.2) is 53.0 Å². The van der Waals surface area contributed by atoms with E-state index >= 15 is 0 Å². The number of nitrogens with one attached hydrogen (secondary N) is 2. The molecule has 1 aliphatic rings. The van der Waals surface area contributed by atoms with Gasteiger partial charge in [-0.25, -0.2) is 0 Å². The van der Waals surface area contributed by atoms with Gasteiger partial charge in [-0.1, -0.05) is 12.1 Å². The first-order valence-electron chi connectivity index (χ1n) is 11.5. The Bertz CT molecular complexity index is 1250. The molecule has 35 heavy (non-hydrogen) atoms. The predicted octanol–water partition coefficient (Wildman–Crippen LogP) is 2.57. The molecule has 4 rings (SSSR count). The van der Waals surface area contributed by atoms with Crippen molar-refractivity contribution in [3.63, 3.8) is 0 Å². The lowest BCUT2D eigenvalue weighted by Gasteiger charge is -2.29. The van der Waals surface area contributed by atoms with E-state index in [1.54, 1.807) is 35.8 Å². The Balaban J connectivity index is 1.45. The number of carbonyl (C=O) groups is 3. The van der Waals surface area contributed by atoms with E-state index in [-0.39, 0.29) is 17.7 Å². The summed E-state index contributed by atoms with van der Waals surface area (Å²) in [4.78, 5) is 40.1. The first-order valence-corrected chi connectivity index (χ1v) is 11.5. The van der Waals surface area contributed by atoms with E-state index in [4.69, 9.17) is 0 Å². The maximum atomic E-state index is 13.0. The van der Waals surface area contributed by atoms with Crippen LogP contribution in [0.4, 0.5) is 11.4 Å². The zero-order chi connectivity index (χ0) is 25.1. The van der Waals surface area contributed by atoms with Crippen molar-refractivity contribution in [3.8, 4) is 0 Å². The molecule has 2 aromatic carbocycles. The second-order valence-corrected chi connectivity index (χ2v) is 8.88. The highest BCUT2D eigenvalue weighted by Crippen LogP contribution is 2.27. The van der Waals surface area contributed by atoms with Crippen molar-refractivity contribution in [1.82, 2.24) is 20.0 Å². The first kappa shape index (κ1) is 24.0. The molecule has 0 atom stereocenters. The van der Waals surface area contributed by atoms with Crippen molar-refractivity contribution in [2.75, 3.05) is 30.9 Å². The number of amides is 3. The number of aryl methyl sites for hydroxylation is 1. The van der Waals surface area contributed by atoms with E-state index < -0.39 is 0 Å². The molecule has 3 amide bonds. The third-order valence-corrected chi connectivity index (χ3v) is 6.07. The van der Waals surface area contributed by atoms with Gasteiger partial charge < -0.3 is 20.4 Å². The van der Waals surface area contributed by atoms with E-state index in [0.29, 0.717) is 30.0 Å². The lowest BCUT2D eigenvalue weighted by atomic mass is 10.0. The zero-order valence-corrected chi connectivity index (χ0v) is 20.5. The molecule has 182 valence electrons. The van der Waals surface area contributed by atoms with E-state index in [1.165, 1.54) is 6.92 Å². The zero-order valence-electron chi connectivity index (χ0n) is 20.5. The fourth-order valence-corrected chi connectivity index (χ4v) is 4.24. The second-order valence-electron chi connectivity index (χ2n) is 8.88. The summed E-state index contributed by atoms with van der Waals surface area (Å²) < 4.78 is 1.79. The summed E-state index contributed by atoms with van der Waals surface area (Å²) in [5.41, 5.74) is 5.69. The van der Waals surface area contributed by atoms with E-state index in [0.717, 1.165) is 35.5 Å². The van der Waals surface area contributed by atoms with E-state index in [1.807, 2.05) is 43.4 Å². The van der Waals surface area contributed by atoms with Gasteiger partial charge in [0.1, 0.15) is 0 Å². The minimum Gasteiger partial charge on any atom is -0.367 e. The highest BCUT2D eigenvalue weighted by atomic mass is 16.2. The molecule has 0 spiro atoms. The molecular formula is C26H30N6O3. The van der Waals surface area contributed by atoms with Crippen LogP contribution in [0.2, 0.25) is 0 Å². The minimum atomic E-state index is -0.221. The number of fused-ring (bicyclic) bond motifs is 1. The van der Waals surface area contributed by atoms with Crippen molar-refractivity contribution in [2.45, 2.75) is 26.4 Å². The fraction of sp³-hybridized carbons (Fsp3) is 0.308. The summed E-state index contributed by atoms with van der Waals surface area (Å²) in [5, 5.41) is 10.2. The first-order chi connectivity index (χ1) is 16.7. The Morgan fingerprint density at radius 3 is 2.34 bits per heavy atom. The standard InChI is InChI=1S/C26H30N6O3/c1-17(33)28-20-9-5-18(6-10-20)15-27-25(34)24-22-16-32(14-13-23(22)31(4)29-24)21-11-7-19(8-12-21)26(35)30(2)3/h5-12H,13-16H2,1-4H3,(H,27,34)(H,28,33). The molecule has 1 aliphatic heterocycles. The molecule has 1 aromatic heterocycles. The van der Waals surface area contributed by atoms with Crippen LogP contribution in [0.25, 0.3) is 0 Å². The summed E-state index contributed by atoms with van der Waals surface area (Å²) in [7, 11) is 5.34. The molecule has 3 aromatic rings. The van der Waals surface area contributed by atoms with Crippen molar-refractivity contribution < 1.29 is 14.4 Å². The third kappa shape index (κ3) is 5.34. The SMILES string of the molecule is CC(=O)Nc1ccc(CNC(=O)c2nn(C)c3c2CN(c2ccc(C(=O)N(C)C)cc2)CC3)cc1. The fourth-order valence-electron chi connectivity index (χ4n) is 4.24. The Morgan fingerprint density at radius 2 is 1.71 bits per heavy atom. The molecule has 0 saturated heterocycles. The Labute approximate surface area is 204 Å². The van der Waals surface area contributed by atoms with Gasteiger partial charge in [0.2, 0.25) is 5.91 Å². The number of anilines is 2. The summed E-state index contributed by atoms with van der Waals surface area (Å²) >= 11 is 0. The molecule has 0 aliphatic carbocycles. The molecule has 0 unspecified atom stereocenters. The average molecular weight is 475 g/mol. The maximum Gasteiger partial charge on any atom is 0.272 e. The van der Waals surface area contributed by atoms with Gasteiger partial charge in [0.15, 0.2) is 5.69 Å². The molecule has 2 heterocycles. The van der Waals surface area contributed by atoms with Gasteiger partial charge in [-0.3, -0.25) is 19.1 Å². The van der Waals surface area contributed by atoms with Crippen molar-refractivity contribution in [2.24, 2.45) is 7.05 Å². The summed E-state index contributed by atoms with van der Waals surface area (Å²) in [5.74, 6) is -0.381. The van der Waals surface area contributed by atoms with Gasteiger partial charge in [-0.05, 0) is 42.0 Å². The number of hydrogen-bond acceptors (Lipinski definition) is 5. The normalized spacial score (nSPS) is 12.6. The minimum absolute atomic E-state index is 0.0338. The molecule has 0 radical (unpaired) electrons. The lowest BCUT2D eigenvalue weighted by molar-refractivity contribution is -0.114. The Kier molecular flexibility index (Phi) is 6.86. The van der Waals surface area contributed by atoms with Crippen molar-refractivity contribution in [1.29, 1.82) is 0 Å². The summed E-state index contributed by atoms with van der Waals surface area (Å²) in [6.07, 6.45) is 0.773. The monoisotopic (exact) mass is 474 g/mol. The predicted molar refractivity (Wildman–Crippen MR) is 134 cm³/mol. The maximum absolute atomic E-state index is 13.0. The molecule has 0 fully saturated rings.